The third-order valence-corrected chi connectivity index (χ3v) is 3.91. The summed E-state index contributed by atoms with van der Waals surface area (Å²) in [5, 5.41) is 12.6. The molecule has 0 aromatic heterocycles. The molecule has 0 aliphatic carbocycles. The van der Waals surface area contributed by atoms with Gasteiger partial charge in [0.1, 0.15) is 0 Å². The third kappa shape index (κ3) is 5.84. The van der Waals surface area contributed by atoms with E-state index >= 15 is 0 Å². The molecule has 0 amide bonds. The van der Waals surface area contributed by atoms with Crippen LogP contribution >= 0.6 is 0 Å². The van der Waals surface area contributed by atoms with E-state index in [0.717, 1.165) is 26.2 Å². The van der Waals surface area contributed by atoms with Crippen LogP contribution in [-0.4, -0.2) is 48.8 Å². The summed E-state index contributed by atoms with van der Waals surface area (Å²) in [6.07, 6.45) is 2.37. The van der Waals surface area contributed by atoms with E-state index in [1.807, 2.05) is 0 Å². The fourth-order valence-corrected chi connectivity index (χ4v) is 2.25. The monoisotopic (exact) mass is 244 g/mol. The molecule has 0 atom stereocenters. The smallest absolute Gasteiger partial charge is 0.0558 e. The van der Waals surface area contributed by atoms with Crippen molar-refractivity contribution in [3.63, 3.8) is 0 Å². The van der Waals surface area contributed by atoms with E-state index in [4.69, 9.17) is 5.11 Å². The van der Waals surface area contributed by atoms with Crippen LogP contribution in [0.5, 0.6) is 0 Å². The van der Waals surface area contributed by atoms with Crippen LogP contribution in [0.2, 0.25) is 0 Å². The van der Waals surface area contributed by atoms with Gasteiger partial charge in [0.2, 0.25) is 0 Å². The Morgan fingerprint density at radius 1 is 1.18 bits per heavy atom. The first-order valence-electron chi connectivity index (χ1n) is 7.10. The summed E-state index contributed by atoms with van der Waals surface area (Å²) in [7, 11) is 0. The number of hydrogen-bond acceptors (Lipinski definition) is 3. The Bertz CT molecular complexity index is 179. The van der Waals surface area contributed by atoms with Gasteiger partial charge >= 0.3 is 0 Å². The van der Waals surface area contributed by atoms with Crippen LogP contribution in [0.1, 0.15) is 47.5 Å². The van der Waals surface area contributed by atoms with Crippen molar-refractivity contribution in [3.05, 3.63) is 0 Å². The van der Waals surface area contributed by atoms with Gasteiger partial charge in [-0.1, -0.05) is 20.8 Å². The van der Waals surface area contributed by atoms with Crippen LogP contribution in [-0.2, 0) is 0 Å². The van der Waals surface area contributed by atoms with Crippen molar-refractivity contribution >= 4 is 0 Å². The molecule has 0 bridgehead atoms. The highest BCUT2D eigenvalue weighted by molar-refractivity contribution is 4.83. The molecule has 0 fully saturated rings. The quantitative estimate of drug-likeness (QED) is 0.618. The number of rotatable bonds is 10. The lowest BCUT2D eigenvalue weighted by Gasteiger charge is -2.39. The normalized spacial score (nSPS) is 12.7. The second kappa shape index (κ2) is 8.90. The number of nitrogens with one attached hydrogen (secondary N) is 1. The molecule has 0 aromatic rings. The molecule has 0 unspecified atom stereocenters. The predicted octanol–water partition coefficient (Wildman–Crippen LogP) is 2.10. The van der Waals surface area contributed by atoms with Crippen molar-refractivity contribution in [1.29, 1.82) is 0 Å². The van der Waals surface area contributed by atoms with Gasteiger partial charge in [-0.15, -0.1) is 0 Å². The molecular weight excluding hydrogens is 212 g/mol. The fourth-order valence-electron chi connectivity index (χ4n) is 2.25. The van der Waals surface area contributed by atoms with Crippen LogP contribution in [0, 0.1) is 5.41 Å². The SMILES string of the molecule is CCNCC(CC)(CC)CN(CCO)C(C)C. The predicted molar refractivity (Wildman–Crippen MR) is 75.4 cm³/mol. The second-order valence-corrected chi connectivity index (χ2v) is 5.28. The molecular formula is C14H32N2O. The fraction of sp³-hybridized carbons (Fsp3) is 1.00. The zero-order valence-electron chi connectivity index (χ0n) is 12.4. The van der Waals surface area contributed by atoms with E-state index in [-0.39, 0.29) is 6.61 Å². The minimum Gasteiger partial charge on any atom is -0.395 e. The van der Waals surface area contributed by atoms with Gasteiger partial charge in [-0.3, -0.25) is 4.90 Å². The summed E-state index contributed by atoms with van der Waals surface area (Å²) in [5.74, 6) is 0. The van der Waals surface area contributed by atoms with Gasteiger partial charge in [-0.05, 0) is 38.6 Å². The summed E-state index contributed by atoms with van der Waals surface area (Å²) < 4.78 is 0. The Balaban J connectivity index is 4.56. The number of hydrogen-bond donors (Lipinski definition) is 2. The molecule has 0 aliphatic heterocycles. The van der Waals surface area contributed by atoms with Crippen molar-refractivity contribution in [3.8, 4) is 0 Å². The van der Waals surface area contributed by atoms with E-state index in [9.17, 15) is 0 Å². The molecule has 0 saturated heterocycles. The minimum absolute atomic E-state index is 0.253. The van der Waals surface area contributed by atoms with E-state index < -0.39 is 0 Å². The Morgan fingerprint density at radius 3 is 2.12 bits per heavy atom. The molecule has 0 aliphatic rings. The molecule has 0 aromatic carbocycles. The highest BCUT2D eigenvalue weighted by Gasteiger charge is 2.29. The highest BCUT2D eigenvalue weighted by Crippen LogP contribution is 2.27. The molecule has 3 heteroatoms. The Hall–Kier alpha value is -0.120. The number of aliphatic hydroxyl groups is 1. The summed E-state index contributed by atoms with van der Waals surface area (Å²) in [5.41, 5.74) is 0.343. The van der Waals surface area contributed by atoms with E-state index in [0.29, 0.717) is 11.5 Å². The molecule has 2 N–H and O–H groups in total. The number of aliphatic hydroxyl groups excluding tert-OH is 1. The summed E-state index contributed by atoms with van der Waals surface area (Å²) in [6.45, 7) is 15.3. The summed E-state index contributed by atoms with van der Waals surface area (Å²) in [6, 6.07) is 0.501. The van der Waals surface area contributed by atoms with Gasteiger partial charge in [0.25, 0.3) is 0 Å². The molecule has 17 heavy (non-hydrogen) atoms. The lowest BCUT2D eigenvalue weighted by molar-refractivity contribution is 0.0911. The first kappa shape index (κ1) is 16.9. The highest BCUT2D eigenvalue weighted by atomic mass is 16.3. The van der Waals surface area contributed by atoms with E-state index in [1.165, 1.54) is 12.8 Å². The average molecular weight is 244 g/mol. The lowest BCUT2D eigenvalue weighted by atomic mass is 9.81. The van der Waals surface area contributed by atoms with Gasteiger partial charge in [-0.2, -0.15) is 0 Å². The molecule has 0 heterocycles. The Morgan fingerprint density at radius 2 is 1.76 bits per heavy atom. The van der Waals surface area contributed by atoms with Gasteiger partial charge < -0.3 is 10.4 Å². The van der Waals surface area contributed by atoms with Crippen LogP contribution in [0.25, 0.3) is 0 Å². The summed E-state index contributed by atoms with van der Waals surface area (Å²) >= 11 is 0. The van der Waals surface area contributed by atoms with E-state index in [1.54, 1.807) is 0 Å². The number of nitrogens with zero attached hydrogens (tertiary/aromatic N) is 1. The van der Waals surface area contributed by atoms with Crippen LogP contribution < -0.4 is 5.32 Å². The molecule has 3 nitrogen and oxygen atoms in total. The van der Waals surface area contributed by atoms with Crippen molar-refractivity contribution in [2.75, 3.05) is 32.8 Å². The van der Waals surface area contributed by atoms with Crippen molar-refractivity contribution in [2.24, 2.45) is 5.41 Å². The molecule has 0 rings (SSSR count). The lowest BCUT2D eigenvalue weighted by Crippen LogP contribution is -2.46. The van der Waals surface area contributed by atoms with Crippen LogP contribution in [0.3, 0.4) is 0 Å². The van der Waals surface area contributed by atoms with Gasteiger partial charge in [-0.25, -0.2) is 0 Å². The van der Waals surface area contributed by atoms with Crippen LogP contribution in [0.15, 0.2) is 0 Å². The standard InChI is InChI=1S/C14H32N2O/c1-6-14(7-2,11-15-8-3)12-16(9-10-17)13(4)5/h13,15,17H,6-12H2,1-5H3. The minimum atomic E-state index is 0.253. The zero-order chi connectivity index (χ0) is 13.3. The first-order valence-corrected chi connectivity index (χ1v) is 7.10. The maximum absolute atomic E-state index is 9.15. The maximum atomic E-state index is 9.15. The summed E-state index contributed by atoms with van der Waals surface area (Å²) in [4.78, 5) is 2.39. The second-order valence-electron chi connectivity index (χ2n) is 5.28. The Labute approximate surface area is 108 Å². The van der Waals surface area contributed by atoms with Gasteiger partial charge in [0, 0.05) is 25.7 Å². The largest absolute Gasteiger partial charge is 0.395 e. The first-order chi connectivity index (χ1) is 8.05. The van der Waals surface area contributed by atoms with Crippen molar-refractivity contribution < 1.29 is 5.11 Å². The molecule has 0 spiro atoms. The van der Waals surface area contributed by atoms with Crippen molar-refractivity contribution in [1.82, 2.24) is 10.2 Å². The van der Waals surface area contributed by atoms with Gasteiger partial charge in [0.05, 0.1) is 6.61 Å². The topological polar surface area (TPSA) is 35.5 Å². The average Bonchev–Trinajstić information content (AvgIpc) is 2.33. The zero-order valence-corrected chi connectivity index (χ0v) is 12.4. The third-order valence-electron chi connectivity index (χ3n) is 3.91. The van der Waals surface area contributed by atoms with Crippen LogP contribution in [0.4, 0.5) is 0 Å². The van der Waals surface area contributed by atoms with Crippen molar-refractivity contribution in [2.45, 2.75) is 53.5 Å². The van der Waals surface area contributed by atoms with E-state index in [2.05, 4.69) is 44.8 Å². The molecule has 0 radical (unpaired) electrons. The maximum Gasteiger partial charge on any atom is 0.0558 e. The Kier molecular flexibility index (Phi) is 8.83. The van der Waals surface area contributed by atoms with Gasteiger partial charge in [0.15, 0.2) is 0 Å². The molecule has 104 valence electrons. The molecule has 0 saturated carbocycles.